The van der Waals surface area contributed by atoms with Crippen molar-refractivity contribution in [2.45, 2.75) is 40.0 Å². The number of nitrogens with zero attached hydrogens (tertiary/aromatic N) is 18. The van der Waals surface area contributed by atoms with Crippen molar-refractivity contribution >= 4 is 35.5 Å². The lowest BCUT2D eigenvalue weighted by Gasteiger charge is -2.02. The van der Waals surface area contributed by atoms with E-state index in [9.17, 15) is 0 Å². The summed E-state index contributed by atoms with van der Waals surface area (Å²) < 4.78 is 10.9. The summed E-state index contributed by atoms with van der Waals surface area (Å²) in [6, 6.07) is 33.4. The van der Waals surface area contributed by atoms with Crippen molar-refractivity contribution in [2.24, 2.45) is 75.4 Å². The lowest BCUT2D eigenvalue weighted by Crippen LogP contribution is -2.35. The number of amidine groups is 2. The van der Waals surface area contributed by atoms with E-state index in [1.54, 1.807) is 56.4 Å². The zero-order valence-electron chi connectivity index (χ0n) is 37.9. The van der Waals surface area contributed by atoms with Gasteiger partial charge in [-0.05, 0) is 69.9 Å². The third-order valence-electron chi connectivity index (χ3n) is 8.70. The smallest absolute Gasteiger partial charge is 0.350 e. The molecule has 0 saturated carbocycles. The maximum atomic E-state index is 9.05. The molecule has 4 N–H and O–H groups in total. The van der Waals surface area contributed by atoms with Crippen molar-refractivity contribution in [3.63, 3.8) is 0 Å². The highest BCUT2D eigenvalue weighted by Crippen LogP contribution is 2.06. The Hall–Kier alpha value is -8.05. The van der Waals surface area contributed by atoms with Gasteiger partial charge >= 0.3 is 17.5 Å². The molecule has 6 heterocycles. The predicted octanol–water partition coefficient (Wildman–Crippen LogP) is 3.03. The second-order valence-electron chi connectivity index (χ2n) is 13.7. The van der Waals surface area contributed by atoms with Gasteiger partial charge in [0.15, 0.2) is 34.5 Å². The molecule has 0 bridgehead atoms. The molecule has 22 heteroatoms. The van der Waals surface area contributed by atoms with E-state index in [1.807, 2.05) is 145 Å². The van der Waals surface area contributed by atoms with Gasteiger partial charge in [0.2, 0.25) is 0 Å². The van der Waals surface area contributed by atoms with Crippen LogP contribution in [-0.2, 0) is 40.3 Å². The van der Waals surface area contributed by atoms with E-state index >= 15 is 0 Å². The summed E-state index contributed by atoms with van der Waals surface area (Å²) in [6.07, 6.45) is 12.3. The van der Waals surface area contributed by atoms with Gasteiger partial charge in [0.25, 0.3) is 0 Å². The molecule has 0 aliphatic rings. The number of rotatable bonds is 15. The van der Waals surface area contributed by atoms with Crippen molar-refractivity contribution in [1.82, 2.24) is 13.7 Å². The molecule has 0 spiro atoms. The number of azo groups is 3. The Morgan fingerprint density at radius 3 is 1.52 bits per heavy atom. The van der Waals surface area contributed by atoms with E-state index in [4.69, 9.17) is 20.4 Å². The van der Waals surface area contributed by atoms with Gasteiger partial charge in [0, 0.05) is 70.8 Å². The first-order valence-corrected chi connectivity index (χ1v) is 21.0. The second kappa shape index (κ2) is 30.2. The molecule has 0 aliphatic heterocycles. The quantitative estimate of drug-likeness (QED) is 0.0398. The number of pyridine rings is 6. The highest BCUT2D eigenvalue weighted by Gasteiger charge is 2.09. The van der Waals surface area contributed by atoms with Crippen molar-refractivity contribution in [3.05, 3.63) is 163 Å². The van der Waals surface area contributed by atoms with Crippen molar-refractivity contribution in [2.75, 3.05) is 26.4 Å². The van der Waals surface area contributed by atoms with Gasteiger partial charge in [-0.2, -0.15) is 0 Å². The van der Waals surface area contributed by atoms with E-state index in [1.165, 1.54) is 6.34 Å². The van der Waals surface area contributed by atoms with Crippen LogP contribution in [-0.4, -0.2) is 78.6 Å². The highest BCUT2D eigenvalue weighted by atomic mass is 16.3. The first-order valence-electron chi connectivity index (χ1n) is 21.0. The average Bonchev–Trinajstić information content (AvgIpc) is 3.34. The van der Waals surface area contributed by atoms with Gasteiger partial charge in [-0.1, -0.05) is 36.4 Å². The molecule has 6 rings (SSSR count). The second-order valence-corrected chi connectivity index (χ2v) is 13.7. The molecule has 0 atom stereocenters. The third-order valence-corrected chi connectivity index (χ3v) is 8.70. The molecular weight excluding hydrogens is 857 g/mol. The SMILES string of the molecule is C/C(N=Nc1cccc[n+]1C)=N\N=c1/ccccn1C.C/C(N=Nc1cccc[n+]1CCO)=N\N=c1/ccccn1CCO.OCCn1ccccc1=NN=CN=Nc1cccc[n+]1CCO. The van der Waals surface area contributed by atoms with Crippen LogP contribution in [0.15, 0.2) is 208 Å². The highest BCUT2D eigenvalue weighted by molar-refractivity contribution is 5.80. The standard InChI is InChI=1S/C16H21N6O2.C15H19N6O2.C14H17N6/c1-14(17-19-15-6-2-4-8-21(15)10-12-23)18-20-16-7-3-5-9-22(16)11-13-24;22-11-9-20-7-3-1-5-14(20)18-16-13-17-19-15-6-2-4-8-21(15)10-12-23;1-12(15-17-13-8-4-6-10-19(13)2)16-18-14-9-5-7-11-20(14)3/h2-9,23-24H,10-13H2,1H3;1-8,13,22-23H,9-12H2;4-11H,1-3H3/q3*+1. The zero-order valence-corrected chi connectivity index (χ0v) is 37.9. The summed E-state index contributed by atoms with van der Waals surface area (Å²) in [5, 5.41) is 84.6. The molecular formula is C45H57N18O4+3. The van der Waals surface area contributed by atoms with Crippen LogP contribution in [0.25, 0.3) is 0 Å². The minimum absolute atomic E-state index is 0.0263. The van der Waals surface area contributed by atoms with Crippen molar-refractivity contribution in [1.29, 1.82) is 0 Å². The maximum Gasteiger partial charge on any atom is 0.350 e. The molecule has 0 amide bonds. The van der Waals surface area contributed by atoms with Crippen molar-refractivity contribution < 1.29 is 34.1 Å². The zero-order chi connectivity index (χ0) is 47.9. The number of aromatic nitrogens is 6. The number of hydrogen-bond acceptors (Lipinski definition) is 13. The summed E-state index contributed by atoms with van der Waals surface area (Å²) in [6.45, 7) is 5.35. The van der Waals surface area contributed by atoms with E-state index < -0.39 is 0 Å². The van der Waals surface area contributed by atoms with Crippen LogP contribution in [0.2, 0.25) is 0 Å². The molecule has 0 saturated heterocycles. The summed E-state index contributed by atoms with van der Waals surface area (Å²) >= 11 is 0. The monoisotopic (exact) mass is 913 g/mol. The van der Waals surface area contributed by atoms with Crippen LogP contribution in [0, 0.1) is 0 Å². The molecule has 22 nitrogen and oxygen atoms in total. The molecule has 0 aliphatic carbocycles. The topological polar surface area (TPSA) is 256 Å². The van der Waals surface area contributed by atoms with Crippen molar-refractivity contribution in [3.8, 4) is 0 Å². The summed E-state index contributed by atoms with van der Waals surface area (Å²) in [5.41, 5.74) is 1.99. The van der Waals surface area contributed by atoms with Gasteiger partial charge in [-0.25, -0.2) is 13.7 Å². The molecule has 6 aromatic rings. The summed E-state index contributed by atoms with van der Waals surface area (Å²) in [5.74, 6) is 2.89. The summed E-state index contributed by atoms with van der Waals surface area (Å²) in [4.78, 5) is 0. The number of hydrogen-bond donors (Lipinski definition) is 4. The third kappa shape index (κ3) is 18.9. The predicted molar refractivity (Wildman–Crippen MR) is 248 cm³/mol. The molecule has 67 heavy (non-hydrogen) atoms. The molecule has 0 aromatic carbocycles. The van der Waals surface area contributed by atoms with Gasteiger partial charge in [0.1, 0.15) is 13.1 Å². The van der Waals surface area contributed by atoms with E-state index in [0.29, 0.717) is 60.5 Å². The fraction of sp³-hybridized carbons (Fsp3) is 0.267. The largest absolute Gasteiger partial charge is 0.395 e. The van der Waals surface area contributed by atoms with Crippen LogP contribution < -0.4 is 30.2 Å². The van der Waals surface area contributed by atoms with Gasteiger partial charge in [-0.3, -0.25) is 0 Å². The van der Waals surface area contributed by atoms with E-state index in [2.05, 4.69) is 61.3 Å². The molecule has 348 valence electrons. The lowest BCUT2D eigenvalue weighted by atomic mass is 10.4. The fourth-order valence-electron chi connectivity index (χ4n) is 5.38. The van der Waals surface area contributed by atoms with E-state index in [-0.39, 0.29) is 26.4 Å². The average molecular weight is 914 g/mol. The van der Waals surface area contributed by atoms with Gasteiger partial charge in [-0.15, -0.1) is 30.6 Å². The molecule has 0 unspecified atom stereocenters. The Bertz CT molecular complexity index is 2840. The lowest BCUT2D eigenvalue weighted by molar-refractivity contribution is -0.685. The number of aryl methyl sites for hydroxylation is 2. The number of aliphatic hydroxyl groups excluding tert-OH is 4. The number of aliphatic hydroxyl groups is 4. The van der Waals surface area contributed by atoms with Crippen LogP contribution in [0.1, 0.15) is 13.8 Å². The normalized spacial score (nSPS) is 12.9. The van der Waals surface area contributed by atoms with Crippen LogP contribution >= 0.6 is 0 Å². The van der Waals surface area contributed by atoms with Gasteiger partial charge < -0.3 is 34.1 Å². The summed E-state index contributed by atoms with van der Waals surface area (Å²) in [7, 11) is 3.82. The Kier molecular flexibility index (Phi) is 23.2. The maximum absolute atomic E-state index is 9.05. The van der Waals surface area contributed by atoms with Crippen LogP contribution in [0.5, 0.6) is 0 Å². The fourth-order valence-corrected chi connectivity index (χ4v) is 5.38. The molecule has 0 radical (unpaired) electrons. The Balaban J connectivity index is 0.000000220. The first kappa shape index (κ1) is 51.6. The Morgan fingerprint density at radius 2 is 0.985 bits per heavy atom. The van der Waals surface area contributed by atoms with Crippen LogP contribution in [0.4, 0.5) is 17.5 Å². The van der Waals surface area contributed by atoms with E-state index in [0.717, 1.165) is 11.3 Å². The molecule has 0 fully saturated rings. The Morgan fingerprint density at radius 1 is 0.522 bits per heavy atom. The van der Waals surface area contributed by atoms with Gasteiger partial charge in [0.05, 0.1) is 67.4 Å². The first-order chi connectivity index (χ1) is 32.8. The van der Waals surface area contributed by atoms with Crippen LogP contribution in [0.3, 0.4) is 0 Å². The molecule has 6 aromatic heterocycles. The minimum Gasteiger partial charge on any atom is -0.395 e. The Labute approximate surface area is 387 Å². The minimum atomic E-state index is 0.0263.